The molecule has 2 aliphatic rings. The quantitative estimate of drug-likeness (QED) is 0.792. The standard InChI is InChI=1S/C18H26F3N3O/c1-14-3-2-4-17-16(14)12-23(11-15-5-7-22-8-6-15)24(17)9-10-25-13-18(19,20)21/h2-4,15,22H,5-13H2,1H3. The molecule has 140 valence electrons. The first-order valence-electron chi connectivity index (χ1n) is 8.90. The topological polar surface area (TPSA) is 27.7 Å². The van der Waals surface area contributed by atoms with Crippen LogP contribution in [0.2, 0.25) is 0 Å². The number of hydrazine groups is 1. The molecule has 1 aromatic carbocycles. The van der Waals surface area contributed by atoms with Crippen molar-refractivity contribution in [2.24, 2.45) is 5.92 Å². The normalized spacial score (nSPS) is 19.4. The maximum absolute atomic E-state index is 12.3. The molecule has 0 amide bonds. The number of fused-ring (bicyclic) bond motifs is 1. The Kier molecular flexibility index (Phi) is 5.86. The molecule has 0 aromatic heterocycles. The van der Waals surface area contributed by atoms with Crippen LogP contribution in [0.5, 0.6) is 0 Å². The van der Waals surface area contributed by atoms with Crippen molar-refractivity contribution in [2.45, 2.75) is 32.5 Å². The van der Waals surface area contributed by atoms with E-state index in [1.807, 2.05) is 6.07 Å². The van der Waals surface area contributed by atoms with E-state index < -0.39 is 12.8 Å². The summed E-state index contributed by atoms with van der Waals surface area (Å²) in [4.78, 5) is 0. The molecule has 7 heteroatoms. The van der Waals surface area contributed by atoms with E-state index in [-0.39, 0.29) is 6.61 Å². The van der Waals surface area contributed by atoms with E-state index in [0.717, 1.165) is 44.7 Å². The van der Waals surface area contributed by atoms with E-state index in [2.05, 4.69) is 34.4 Å². The minimum atomic E-state index is -4.27. The van der Waals surface area contributed by atoms with Crippen LogP contribution in [0.25, 0.3) is 0 Å². The van der Waals surface area contributed by atoms with Crippen molar-refractivity contribution in [3.05, 3.63) is 29.3 Å². The Morgan fingerprint density at radius 3 is 2.72 bits per heavy atom. The molecule has 0 radical (unpaired) electrons. The highest BCUT2D eigenvalue weighted by Crippen LogP contribution is 2.34. The Hall–Kier alpha value is -1.31. The molecule has 1 saturated heterocycles. The average molecular weight is 357 g/mol. The van der Waals surface area contributed by atoms with Gasteiger partial charge in [0.05, 0.1) is 18.8 Å². The Labute approximate surface area is 146 Å². The number of hydrogen-bond acceptors (Lipinski definition) is 4. The summed E-state index contributed by atoms with van der Waals surface area (Å²) >= 11 is 0. The van der Waals surface area contributed by atoms with Crippen LogP contribution in [0.3, 0.4) is 0 Å². The average Bonchev–Trinajstić information content (AvgIpc) is 2.91. The number of nitrogens with one attached hydrogen (secondary N) is 1. The summed E-state index contributed by atoms with van der Waals surface area (Å²) in [5, 5.41) is 7.77. The number of rotatable bonds is 6. The third-order valence-corrected chi connectivity index (χ3v) is 4.99. The van der Waals surface area contributed by atoms with Gasteiger partial charge in [-0.05, 0) is 56.0 Å². The second-order valence-corrected chi connectivity index (χ2v) is 6.90. The molecule has 1 fully saturated rings. The van der Waals surface area contributed by atoms with Crippen LogP contribution < -0.4 is 10.3 Å². The number of benzene rings is 1. The minimum absolute atomic E-state index is 0.0651. The number of aryl methyl sites for hydroxylation is 1. The van der Waals surface area contributed by atoms with Crippen LogP contribution in [-0.2, 0) is 11.3 Å². The SMILES string of the molecule is Cc1cccc2c1CN(CC1CCNCC1)N2CCOCC(F)(F)F. The molecule has 0 aliphatic carbocycles. The molecule has 1 aromatic rings. The lowest BCUT2D eigenvalue weighted by molar-refractivity contribution is -0.173. The molecule has 0 bridgehead atoms. The molecule has 2 heterocycles. The third-order valence-electron chi connectivity index (χ3n) is 4.99. The smallest absolute Gasteiger partial charge is 0.370 e. The van der Waals surface area contributed by atoms with Gasteiger partial charge in [0.2, 0.25) is 0 Å². The summed E-state index contributed by atoms with van der Waals surface area (Å²) in [6.07, 6.45) is -1.98. The van der Waals surface area contributed by atoms with Gasteiger partial charge in [0.1, 0.15) is 6.61 Å². The molecule has 2 aliphatic heterocycles. The molecule has 1 N–H and O–H groups in total. The molecular weight excluding hydrogens is 331 g/mol. The lowest BCUT2D eigenvalue weighted by Gasteiger charge is -2.34. The minimum Gasteiger partial charge on any atom is -0.370 e. The predicted molar refractivity (Wildman–Crippen MR) is 91.4 cm³/mol. The summed E-state index contributed by atoms with van der Waals surface area (Å²) < 4.78 is 41.7. The van der Waals surface area contributed by atoms with Crippen molar-refractivity contribution in [3.8, 4) is 0 Å². The summed E-state index contributed by atoms with van der Waals surface area (Å²) in [6.45, 7) is 5.26. The zero-order chi connectivity index (χ0) is 17.9. The van der Waals surface area contributed by atoms with Gasteiger partial charge in [-0.15, -0.1) is 0 Å². The number of hydrogen-bond donors (Lipinski definition) is 1. The van der Waals surface area contributed by atoms with Crippen molar-refractivity contribution in [2.75, 3.05) is 44.4 Å². The number of ether oxygens (including phenoxy) is 1. The highest BCUT2D eigenvalue weighted by Gasteiger charge is 2.31. The highest BCUT2D eigenvalue weighted by molar-refractivity contribution is 5.59. The van der Waals surface area contributed by atoms with E-state index in [4.69, 9.17) is 4.74 Å². The fraction of sp³-hybridized carbons (Fsp3) is 0.667. The molecule has 25 heavy (non-hydrogen) atoms. The van der Waals surface area contributed by atoms with Gasteiger partial charge in [-0.2, -0.15) is 13.2 Å². The Morgan fingerprint density at radius 1 is 1.24 bits per heavy atom. The lowest BCUT2D eigenvalue weighted by Crippen LogP contribution is -2.44. The largest absolute Gasteiger partial charge is 0.411 e. The first kappa shape index (κ1) is 18.5. The first-order chi connectivity index (χ1) is 11.9. The van der Waals surface area contributed by atoms with Crippen LogP contribution >= 0.6 is 0 Å². The summed E-state index contributed by atoms with van der Waals surface area (Å²) in [5.74, 6) is 0.620. The molecular formula is C18H26F3N3O. The first-order valence-corrected chi connectivity index (χ1v) is 8.90. The van der Waals surface area contributed by atoms with Gasteiger partial charge in [0.15, 0.2) is 0 Å². The van der Waals surface area contributed by atoms with Crippen molar-refractivity contribution in [3.63, 3.8) is 0 Å². The maximum atomic E-state index is 12.3. The summed E-state index contributed by atoms with van der Waals surface area (Å²) in [7, 11) is 0. The van der Waals surface area contributed by atoms with Gasteiger partial charge in [-0.1, -0.05) is 12.1 Å². The third kappa shape index (κ3) is 4.86. The number of halogens is 3. The van der Waals surface area contributed by atoms with Crippen molar-refractivity contribution in [1.82, 2.24) is 10.3 Å². The summed E-state index contributed by atoms with van der Waals surface area (Å²) in [6, 6.07) is 6.14. The molecule has 4 nitrogen and oxygen atoms in total. The van der Waals surface area contributed by atoms with Crippen LogP contribution in [0.1, 0.15) is 24.0 Å². The number of nitrogens with zero attached hydrogens (tertiary/aromatic N) is 2. The fourth-order valence-corrected chi connectivity index (χ4v) is 3.68. The predicted octanol–water partition coefficient (Wildman–Crippen LogP) is 3.11. The van der Waals surface area contributed by atoms with E-state index in [1.165, 1.54) is 11.1 Å². The van der Waals surface area contributed by atoms with Gasteiger partial charge in [-0.25, -0.2) is 5.01 Å². The van der Waals surface area contributed by atoms with Crippen LogP contribution in [-0.4, -0.2) is 50.6 Å². The summed E-state index contributed by atoms with van der Waals surface area (Å²) in [5.41, 5.74) is 3.60. The van der Waals surface area contributed by atoms with Gasteiger partial charge in [0, 0.05) is 13.1 Å². The number of anilines is 1. The van der Waals surface area contributed by atoms with Gasteiger partial charge in [0.25, 0.3) is 0 Å². The van der Waals surface area contributed by atoms with E-state index in [1.54, 1.807) is 0 Å². The zero-order valence-electron chi connectivity index (χ0n) is 14.6. The Morgan fingerprint density at radius 2 is 2.00 bits per heavy atom. The Bertz CT molecular complexity index is 573. The molecule has 0 atom stereocenters. The van der Waals surface area contributed by atoms with E-state index in [0.29, 0.717) is 12.5 Å². The van der Waals surface area contributed by atoms with Gasteiger partial charge < -0.3 is 15.1 Å². The van der Waals surface area contributed by atoms with Gasteiger partial charge in [-0.3, -0.25) is 0 Å². The second kappa shape index (κ2) is 7.93. The van der Waals surface area contributed by atoms with Crippen molar-refractivity contribution in [1.29, 1.82) is 0 Å². The van der Waals surface area contributed by atoms with Crippen molar-refractivity contribution < 1.29 is 17.9 Å². The highest BCUT2D eigenvalue weighted by atomic mass is 19.4. The second-order valence-electron chi connectivity index (χ2n) is 6.90. The maximum Gasteiger partial charge on any atom is 0.411 e. The van der Waals surface area contributed by atoms with Crippen LogP contribution in [0.15, 0.2) is 18.2 Å². The molecule has 3 rings (SSSR count). The lowest BCUT2D eigenvalue weighted by atomic mass is 9.98. The Balaban J connectivity index is 1.65. The van der Waals surface area contributed by atoms with Crippen LogP contribution in [0, 0.1) is 12.8 Å². The van der Waals surface area contributed by atoms with Crippen LogP contribution in [0.4, 0.5) is 18.9 Å². The molecule has 0 saturated carbocycles. The van der Waals surface area contributed by atoms with Crippen molar-refractivity contribution >= 4 is 5.69 Å². The zero-order valence-corrected chi connectivity index (χ0v) is 14.6. The van der Waals surface area contributed by atoms with E-state index in [9.17, 15) is 13.2 Å². The van der Waals surface area contributed by atoms with Gasteiger partial charge >= 0.3 is 6.18 Å². The molecule has 0 spiro atoms. The molecule has 0 unspecified atom stereocenters. The monoisotopic (exact) mass is 357 g/mol. The number of piperidine rings is 1. The number of alkyl halides is 3. The van der Waals surface area contributed by atoms with E-state index >= 15 is 0 Å². The fourth-order valence-electron chi connectivity index (χ4n) is 3.68.